The summed E-state index contributed by atoms with van der Waals surface area (Å²) in [5.74, 6) is -1.02. The average molecular weight is 435 g/mol. The molecule has 1 heterocycles. The summed E-state index contributed by atoms with van der Waals surface area (Å²) < 4.78 is 0. The molecule has 0 spiro atoms. The lowest BCUT2D eigenvalue weighted by molar-refractivity contribution is -0.117. The van der Waals surface area contributed by atoms with Gasteiger partial charge in [0.15, 0.2) is 0 Å². The Bertz CT molecular complexity index is 980. The van der Waals surface area contributed by atoms with Crippen LogP contribution in [0.25, 0.3) is 0 Å². The van der Waals surface area contributed by atoms with Gasteiger partial charge < -0.3 is 16.4 Å². The molecular formula is C20H20Cl2N4O3. The summed E-state index contributed by atoms with van der Waals surface area (Å²) in [6.07, 6.45) is 0.414. The number of anilines is 2. The molecule has 2 aromatic rings. The van der Waals surface area contributed by atoms with Crippen LogP contribution in [0.15, 0.2) is 36.4 Å². The molecule has 3 amide bonds. The van der Waals surface area contributed by atoms with Crippen molar-refractivity contribution in [2.45, 2.75) is 19.4 Å². The van der Waals surface area contributed by atoms with Crippen LogP contribution in [-0.4, -0.2) is 36.9 Å². The quantitative estimate of drug-likeness (QED) is 0.672. The van der Waals surface area contributed by atoms with E-state index >= 15 is 0 Å². The molecule has 1 unspecified atom stereocenters. The fraction of sp³-hybridized carbons (Fsp3) is 0.250. The van der Waals surface area contributed by atoms with Gasteiger partial charge in [-0.25, -0.2) is 0 Å². The van der Waals surface area contributed by atoms with Crippen LogP contribution in [0.3, 0.4) is 0 Å². The van der Waals surface area contributed by atoms with Gasteiger partial charge in [0.25, 0.3) is 11.8 Å². The molecule has 2 aromatic carbocycles. The molecule has 29 heavy (non-hydrogen) atoms. The predicted molar refractivity (Wildman–Crippen MR) is 114 cm³/mol. The molecule has 152 valence electrons. The Balaban J connectivity index is 2.02. The predicted octanol–water partition coefficient (Wildman–Crippen LogP) is 3.06. The lowest BCUT2D eigenvalue weighted by Gasteiger charge is -2.36. The minimum absolute atomic E-state index is 0.249. The molecule has 0 fully saturated rings. The number of benzene rings is 2. The monoisotopic (exact) mass is 434 g/mol. The summed E-state index contributed by atoms with van der Waals surface area (Å²) >= 11 is 12.0. The third-order valence-corrected chi connectivity index (χ3v) is 5.33. The fourth-order valence-corrected chi connectivity index (χ4v) is 3.46. The van der Waals surface area contributed by atoms with Gasteiger partial charge in [0, 0.05) is 24.2 Å². The minimum Gasteiger partial charge on any atom is -0.351 e. The van der Waals surface area contributed by atoms with E-state index in [1.54, 1.807) is 24.3 Å². The molecule has 0 saturated heterocycles. The maximum absolute atomic E-state index is 13.3. The van der Waals surface area contributed by atoms with E-state index < -0.39 is 6.04 Å². The molecule has 3 rings (SSSR count). The second kappa shape index (κ2) is 8.82. The second-order valence-corrected chi connectivity index (χ2v) is 7.31. The van der Waals surface area contributed by atoms with E-state index in [1.807, 2.05) is 6.92 Å². The second-order valence-electron chi connectivity index (χ2n) is 6.49. The van der Waals surface area contributed by atoms with Crippen molar-refractivity contribution in [3.05, 3.63) is 57.6 Å². The molecule has 0 saturated carbocycles. The van der Waals surface area contributed by atoms with Crippen LogP contribution in [0.5, 0.6) is 0 Å². The number of halogens is 2. The molecule has 0 bridgehead atoms. The average Bonchev–Trinajstić information content (AvgIpc) is 2.71. The van der Waals surface area contributed by atoms with Crippen molar-refractivity contribution in [2.75, 3.05) is 23.3 Å². The Morgan fingerprint density at radius 3 is 2.52 bits per heavy atom. The summed E-state index contributed by atoms with van der Waals surface area (Å²) in [5.41, 5.74) is 6.96. The highest BCUT2D eigenvalue weighted by molar-refractivity contribution is 6.42. The molecule has 7 nitrogen and oxygen atoms in total. The SMILES string of the molecule is CCC1C(=O)Nc2cc(C(=O)NCCN)ccc2N1C(=O)c1ccc(Cl)c(Cl)c1. The van der Waals surface area contributed by atoms with E-state index in [0.29, 0.717) is 47.0 Å². The van der Waals surface area contributed by atoms with Gasteiger partial charge in [-0.2, -0.15) is 0 Å². The van der Waals surface area contributed by atoms with E-state index in [1.165, 1.54) is 17.0 Å². The molecule has 1 atom stereocenters. The minimum atomic E-state index is -0.693. The van der Waals surface area contributed by atoms with Gasteiger partial charge >= 0.3 is 0 Å². The maximum atomic E-state index is 13.3. The molecule has 0 aliphatic carbocycles. The number of carbonyl (C=O) groups excluding carboxylic acids is 3. The molecule has 1 aliphatic rings. The fourth-order valence-electron chi connectivity index (χ4n) is 3.16. The van der Waals surface area contributed by atoms with E-state index in [-0.39, 0.29) is 22.7 Å². The molecule has 0 aromatic heterocycles. The molecular weight excluding hydrogens is 415 g/mol. The number of carbonyl (C=O) groups is 3. The van der Waals surface area contributed by atoms with Crippen LogP contribution in [0.4, 0.5) is 11.4 Å². The van der Waals surface area contributed by atoms with Gasteiger partial charge in [0.05, 0.1) is 21.4 Å². The summed E-state index contributed by atoms with van der Waals surface area (Å²) in [6, 6.07) is 8.66. The summed E-state index contributed by atoms with van der Waals surface area (Å²) in [7, 11) is 0. The number of nitrogens with one attached hydrogen (secondary N) is 2. The number of rotatable bonds is 5. The Labute approximate surface area is 178 Å². The smallest absolute Gasteiger partial charge is 0.259 e. The first-order valence-corrected chi connectivity index (χ1v) is 9.84. The van der Waals surface area contributed by atoms with Crippen molar-refractivity contribution in [1.29, 1.82) is 0 Å². The number of hydrogen-bond acceptors (Lipinski definition) is 4. The van der Waals surface area contributed by atoms with E-state index in [9.17, 15) is 14.4 Å². The number of nitrogens with zero attached hydrogens (tertiary/aromatic N) is 1. The number of fused-ring (bicyclic) bond motifs is 1. The van der Waals surface area contributed by atoms with E-state index in [0.717, 1.165) is 0 Å². The first-order chi connectivity index (χ1) is 13.9. The van der Waals surface area contributed by atoms with E-state index in [4.69, 9.17) is 28.9 Å². The van der Waals surface area contributed by atoms with Crippen molar-refractivity contribution in [1.82, 2.24) is 5.32 Å². The van der Waals surface area contributed by atoms with Crippen LogP contribution in [-0.2, 0) is 4.79 Å². The highest BCUT2D eigenvalue weighted by Crippen LogP contribution is 2.35. The van der Waals surface area contributed by atoms with E-state index in [2.05, 4.69) is 10.6 Å². The number of hydrogen-bond donors (Lipinski definition) is 3. The van der Waals surface area contributed by atoms with Gasteiger partial charge in [-0.05, 0) is 42.8 Å². The molecule has 0 radical (unpaired) electrons. The summed E-state index contributed by atoms with van der Waals surface area (Å²) in [6.45, 7) is 2.47. The summed E-state index contributed by atoms with van der Waals surface area (Å²) in [4.78, 5) is 39.5. The van der Waals surface area contributed by atoms with Gasteiger partial charge in [-0.3, -0.25) is 19.3 Å². The number of amides is 3. The van der Waals surface area contributed by atoms with Crippen LogP contribution >= 0.6 is 23.2 Å². The van der Waals surface area contributed by atoms with Gasteiger partial charge in [0.2, 0.25) is 5.91 Å². The number of nitrogens with two attached hydrogens (primary N) is 1. The zero-order valence-corrected chi connectivity index (χ0v) is 17.2. The Morgan fingerprint density at radius 2 is 1.86 bits per heavy atom. The highest BCUT2D eigenvalue weighted by Gasteiger charge is 2.36. The summed E-state index contributed by atoms with van der Waals surface area (Å²) in [5, 5.41) is 6.04. The Morgan fingerprint density at radius 1 is 1.14 bits per heavy atom. The zero-order chi connectivity index (χ0) is 21.1. The van der Waals surface area contributed by atoms with Crippen LogP contribution < -0.4 is 21.3 Å². The van der Waals surface area contributed by atoms with Gasteiger partial charge in [-0.15, -0.1) is 0 Å². The third kappa shape index (κ3) is 4.22. The Kier molecular flexibility index (Phi) is 6.42. The lowest BCUT2D eigenvalue weighted by Crippen LogP contribution is -2.50. The largest absolute Gasteiger partial charge is 0.351 e. The highest BCUT2D eigenvalue weighted by atomic mass is 35.5. The molecule has 9 heteroatoms. The normalized spacial score (nSPS) is 15.5. The first-order valence-electron chi connectivity index (χ1n) is 9.09. The van der Waals surface area contributed by atoms with Gasteiger partial charge in [0.1, 0.15) is 6.04 Å². The van der Waals surface area contributed by atoms with Gasteiger partial charge in [-0.1, -0.05) is 30.1 Å². The van der Waals surface area contributed by atoms with Crippen molar-refractivity contribution >= 4 is 52.3 Å². The molecule has 1 aliphatic heterocycles. The first kappa shape index (κ1) is 21.1. The molecule has 4 N–H and O–H groups in total. The zero-order valence-electron chi connectivity index (χ0n) is 15.7. The standard InChI is InChI=1S/C20H20Cl2N4O3/c1-2-16-19(28)25-15-10-11(18(27)24-8-7-23)4-6-17(15)26(16)20(29)12-3-5-13(21)14(22)9-12/h3-6,9-10,16H,2,7-8,23H2,1H3,(H,24,27)(H,25,28). The maximum Gasteiger partial charge on any atom is 0.259 e. The van der Waals surface area contributed by atoms with Crippen molar-refractivity contribution in [3.8, 4) is 0 Å². The van der Waals surface area contributed by atoms with Crippen LogP contribution in [0, 0.1) is 0 Å². The van der Waals surface area contributed by atoms with Crippen LogP contribution in [0.2, 0.25) is 10.0 Å². The third-order valence-electron chi connectivity index (χ3n) is 4.59. The van der Waals surface area contributed by atoms with Crippen LogP contribution in [0.1, 0.15) is 34.1 Å². The topological polar surface area (TPSA) is 105 Å². The Hall–Kier alpha value is -2.61. The van der Waals surface area contributed by atoms with Crippen molar-refractivity contribution < 1.29 is 14.4 Å². The lowest BCUT2D eigenvalue weighted by atomic mass is 10.0. The van der Waals surface area contributed by atoms with Crippen molar-refractivity contribution in [3.63, 3.8) is 0 Å². The van der Waals surface area contributed by atoms with Crippen molar-refractivity contribution in [2.24, 2.45) is 5.73 Å².